The van der Waals surface area contributed by atoms with E-state index < -0.39 is 12.6 Å². The molecule has 90 valence electrons. The lowest BCUT2D eigenvalue weighted by Crippen LogP contribution is -2.24. The third-order valence-electron chi connectivity index (χ3n) is 2.15. The zero-order valence-electron chi connectivity index (χ0n) is 8.98. The Balaban J connectivity index is 2.66. The third-order valence-corrected chi connectivity index (χ3v) is 2.98. The molecule has 0 amide bonds. The van der Waals surface area contributed by atoms with Crippen molar-refractivity contribution >= 4 is 21.7 Å². The van der Waals surface area contributed by atoms with E-state index in [-0.39, 0.29) is 6.54 Å². The summed E-state index contributed by atoms with van der Waals surface area (Å²) in [6.07, 6.45) is -3.37. The monoisotopic (exact) mass is 296 g/mol. The lowest BCUT2D eigenvalue weighted by molar-refractivity contribution is -0.132. The van der Waals surface area contributed by atoms with Gasteiger partial charge in [-0.2, -0.15) is 13.2 Å². The highest BCUT2D eigenvalue weighted by Gasteiger charge is 2.27. The van der Waals surface area contributed by atoms with Gasteiger partial charge in [0.2, 0.25) is 0 Å². The SMILES string of the molecule is Cc1cc(N(C)CCC(F)(F)F)ncc1Br. The Morgan fingerprint density at radius 3 is 2.56 bits per heavy atom. The molecule has 2 nitrogen and oxygen atoms in total. The number of aromatic nitrogens is 1. The van der Waals surface area contributed by atoms with Crippen molar-refractivity contribution in [2.24, 2.45) is 0 Å². The van der Waals surface area contributed by atoms with Crippen molar-refractivity contribution in [3.05, 3.63) is 22.3 Å². The van der Waals surface area contributed by atoms with E-state index in [0.717, 1.165) is 10.0 Å². The predicted molar refractivity (Wildman–Crippen MR) is 60.6 cm³/mol. The van der Waals surface area contributed by atoms with Crippen LogP contribution in [0.25, 0.3) is 0 Å². The fraction of sp³-hybridized carbons (Fsp3) is 0.500. The number of pyridine rings is 1. The number of alkyl halides is 3. The van der Waals surface area contributed by atoms with E-state index in [2.05, 4.69) is 20.9 Å². The molecule has 1 aromatic heterocycles. The number of nitrogens with zero attached hydrogens (tertiary/aromatic N) is 2. The van der Waals surface area contributed by atoms with Gasteiger partial charge in [-0.1, -0.05) is 0 Å². The summed E-state index contributed by atoms with van der Waals surface area (Å²) in [5.41, 5.74) is 0.948. The number of hydrogen-bond donors (Lipinski definition) is 0. The maximum absolute atomic E-state index is 12.0. The number of halogens is 4. The predicted octanol–water partition coefficient (Wildman–Crippen LogP) is 3.54. The molecular weight excluding hydrogens is 285 g/mol. The Morgan fingerprint density at radius 1 is 1.44 bits per heavy atom. The Bertz CT molecular complexity index is 366. The molecule has 0 atom stereocenters. The Labute approximate surface area is 101 Å². The van der Waals surface area contributed by atoms with Crippen molar-refractivity contribution in [2.75, 3.05) is 18.5 Å². The first-order chi connectivity index (χ1) is 7.29. The molecule has 0 N–H and O–H groups in total. The van der Waals surface area contributed by atoms with E-state index in [9.17, 15) is 13.2 Å². The van der Waals surface area contributed by atoms with Crippen molar-refractivity contribution in [3.8, 4) is 0 Å². The minimum Gasteiger partial charge on any atom is -0.359 e. The first kappa shape index (κ1) is 13.3. The summed E-state index contributed by atoms with van der Waals surface area (Å²) in [4.78, 5) is 5.54. The van der Waals surface area contributed by atoms with Gasteiger partial charge in [-0.15, -0.1) is 0 Å². The summed E-state index contributed by atoms with van der Waals surface area (Å²) in [7, 11) is 1.60. The van der Waals surface area contributed by atoms with Gasteiger partial charge in [0.1, 0.15) is 5.82 Å². The Morgan fingerprint density at radius 2 is 2.06 bits per heavy atom. The van der Waals surface area contributed by atoms with E-state index in [4.69, 9.17) is 0 Å². The van der Waals surface area contributed by atoms with Gasteiger partial charge in [0, 0.05) is 24.3 Å². The Kier molecular flexibility index (Phi) is 4.18. The van der Waals surface area contributed by atoms with Crippen molar-refractivity contribution in [1.29, 1.82) is 0 Å². The molecule has 0 bridgehead atoms. The third kappa shape index (κ3) is 4.00. The van der Waals surface area contributed by atoms with Gasteiger partial charge >= 0.3 is 6.18 Å². The fourth-order valence-electron chi connectivity index (χ4n) is 1.14. The molecular formula is C10H12BrF3N2. The molecule has 0 aliphatic carbocycles. The van der Waals surface area contributed by atoms with E-state index in [1.54, 1.807) is 19.3 Å². The van der Waals surface area contributed by atoms with E-state index in [1.807, 2.05) is 6.92 Å². The summed E-state index contributed by atoms with van der Waals surface area (Å²) in [5, 5.41) is 0. The van der Waals surface area contributed by atoms with Crippen LogP contribution in [0, 0.1) is 6.92 Å². The number of anilines is 1. The largest absolute Gasteiger partial charge is 0.390 e. The van der Waals surface area contributed by atoms with Gasteiger partial charge in [0.05, 0.1) is 6.42 Å². The van der Waals surface area contributed by atoms with Crippen LogP contribution in [0.3, 0.4) is 0 Å². The lowest BCUT2D eigenvalue weighted by atomic mass is 10.3. The zero-order valence-corrected chi connectivity index (χ0v) is 10.6. The second-order valence-corrected chi connectivity index (χ2v) is 4.43. The molecule has 0 saturated heterocycles. The molecule has 0 aliphatic rings. The molecule has 0 aliphatic heterocycles. The summed E-state index contributed by atoms with van der Waals surface area (Å²) in [6.45, 7) is 1.78. The van der Waals surface area contributed by atoms with Crippen LogP contribution in [0.2, 0.25) is 0 Å². The molecule has 6 heteroatoms. The molecule has 0 unspecified atom stereocenters. The van der Waals surface area contributed by atoms with Gasteiger partial charge in [0.25, 0.3) is 0 Å². The molecule has 0 spiro atoms. The van der Waals surface area contributed by atoms with Crippen molar-refractivity contribution in [1.82, 2.24) is 4.98 Å². The smallest absolute Gasteiger partial charge is 0.359 e. The standard InChI is InChI=1S/C10H12BrF3N2/c1-7-5-9(15-6-8(7)11)16(2)4-3-10(12,13)14/h5-6H,3-4H2,1-2H3. The highest BCUT2D eigenvalue weighted by atomic mass is 79.9. The van der Waals surface area contributed by atoms with Gasteiger partial charge in [-0.05, 0) is 34.5 Å². The maximum Gasteiger partial charge on any atom is 0.390 e. The van der Waals surface area contributed by atoms with Crippen LogP contribution in [0.15, 0.2) is 16.7 Å². The van der Waals surface area contributed by atoms with Crippen LogP contribution < -0.4 is 4.90 Å². The molecule has 0 aromatic carbocycles. The summed E-state index contributed by atoms with van der Waals surface area (Å²) in [5.74, 6) is 0.546. The highest BCUT2D eigenvalue weighted by molar-refractivity contribution is 9.10. The summed E-state index contributed by atoms with van der Waals surface area (Å²) < 4.78 is 36.9. The van der Waals surface area contributed by atoms with Gasteiger partial charge < -0.3 is 4.90 Å². The highest BCUT2D eigenvalue weighted by Crippen LogP contribution is 2.23. The molecule has 1 aromatic rings. The topological polar surface area (TPSA) is 16.1 Å². The minimum absolute atomic E-state index is 0.0857. The normalized spacial score (nSPS) is 11.6. The maximum atomic E-state index is 12.0. The molecule has 16 heavy (non-hydrogen) atoms. The van der Waals surface area contributed by atoms with Crippen molar-refractivity contribution in [2.45, 2.75) is 19.5 Å². The second kappa shape index (κ2) is 5.03. The molecule has 0 saturated carbocycles. The minimum atomic E-state index is -4.13. The summed E-state index contributed by atoms with van der Waals surface area (Å²) in [6, 6.07) is 1.75. The average molecular weight is 297 g/mol. The first-order valence-corrected chi connectivity index (χ1v) is 5.49. The molecule has 0 fully saturated rings. The number of hydrogen-bond acceptors (Lipinski definition) is 2. The fourth-order valence-corrected chi connectivity index (χ4v) is 1.36. The van der Waals surface area contributed by atoms with Crippen LogP contribution in [0.4, 0.5) is 19.0 Å². The van der Waals surface area contributed by atoms with Gasteiger partial charge in [0.15, 0.2) is 0 Å². The number of aryl methyl sites for hydroxylation is 1. The van der Waals surface area contributed by atoms with E-state index in [0.29, 0.717) is 5.82 Å². The van der Waals surface area contributed by atoms with Crippen molar-refractivity contribution < 1.29 is 13.2 Å². The van der Waals surface area contributed by atoms with E-state index >= 15 is 0 Å². The van der Waals surface area contributed by atoms with E-state index in [1.165, 1.54) is 4.90 Å². The van der Waals surface area contributed by atoms with Crippen LogP contribution in [-0.2, 0) is 0 Å². The first-order valence-electron chi connectivity index (χ1n) is 4.69. The number of rotatable bonds is 3. The average Bonchev–Trinajstić information content (AvgIpc) is 2.17. The van der Waals surface area contributed by atoms with Crippen LogP contribution in [-0.4, -0.2) is 24.8 Å². The van der Waals surface area contributed by atoms with Gasteiger partial charge in [-0.3, -0.25) is 0 Å². The van der Waals surface area contributed by atoms with Crippen LogP contribution >= 0.6 is 15.9 Å². The molecule has 0 radical (unpaired) electrons. The quantitative estimate of drug-likeness (QED) is 0.848. The van der Waals surface area contributed by atoms with Crippen molar-refractivity contribution in [3.63, 3.8) is 0 Å². The molecule has 1 heterocycles. The summed E-state index contributed by atoms with van der Waals surface area (Å²) >= 11 is 3.29. The molecule has 1 rings (SSSR count). The zero-order chi connectivity index (χ0) is 12.3. The Hall–Kier alpha value is -0.780. The van der Waals surface area contributed by atoms with Crippen LogP contribution in [0.5, 0.6) is 0 Å². The second-order valence-electron chi connectivity index (χ2n) is 3.58. The lowest BCUT2D eigenvalue weighted by Gasteiger charge is -2.19. The van der Waals surface area contributed by atoms with Gasteiger partial charge in [-0.25, -0.2) is 4.98 Å². The van der Waals surface area contributed by atoms with Crippen LogP contribution in [0.1, 0.15) is 12.0 Å².